The molecule has 0 bridgehead atoms. The van der Waals surface area contributed by atoms with Gasteiger partial charge in [0.25, 0.3) is 0 Å². The number of rotatable bonds is 3. The van der Waals surface area contributed by atoms with Crippen molar-refractivity contribution in [1.82, 2.24) is 9.29 Å². The first kappa shape index (κ1) is 15.4. The zero-order valence-corrected chi connectivity index (χ0v) is 12.9. The molecule has 0 aromatic carbocycles. The molecule has 2 N–H and O–H groups in total. The van der Waals surface area contributed by atoms with Crippen LogP contribution in [0.5, 0.6) is 0 Å². The SMILES string of the molecule is CC1CN(S(=O)(=O)c2ccc(S(C)(=O)=O)nc2)CC1N. The van der Waals surface area contributed by atoms with Crippen LogP contribution in [-0.4, -0.2) is 51.5 Å². The molecule has 2 atom stereocenters. The average molecular weight is 319 g/mol. The first-order chi connectivity index (χ1) is 9.12. The zero-order chi connectivity index (χ0) is 15.1. The van der Waals surface area contributed by atoms with Gasteiger partial charge in [-0.1, -0.05) is 6.92 Å². The largest absolute Gasteiger partial charge is 0.326 e. The maximum Gasteiger partial charge on any atom is 0.244 e. The van der Waals surface area contributed by atoms with Crippen LogP contribution in [0.15, 0.2) is 28.3 Å². The van der Waals surface area contributed by atoms with E-state index in [4.69, 9.17) is 5.73 Å². The molecule has 1 aliphatic rings. The summed E-state index contributed by atoms with van der Waals surface area (Å²) in [6, 6.07) is 2.27. The average Bonchev–Trinajstić information content (AvgIpc) is 2.69. The highest BCUT2D eigenvalue weighted by Gasteiger charge is 2.35. The van der Waals surface area contributed by atoms with Crippen LogP contribution in [0.1, 0.15) is 6.92 Å². The molecule has 2 heterocycles. The van der Waals surface area contributed by atoms with Gasteiger partial charge in [0, 0.05) is 31.6 Å². The van der Waals surface area contributed by atoms with Gasteiger partial charge in [-0.05, 0) is 18.1 Å². The fourth-order valence-corrected chi connectivity index (χ4v) is 4.11. The second-order valence-electron chi connectivity index (χ2n) is 5.07. The second-order valence-corrected chi connectivity index (χ2v) is 8.97. The molecule has 2 rings (SSSR count). The van der Waals surface area contributed by atoms with Crippen LogP contribution >= 0.6 is 0 Å². The summed E-state index contributed by atoms with van der Waals surface area (Å²) in [6.07, 6.45) is 2.09. The molecule has 9 heteroatoms. The van der Waals surface area contributed by atoms with E-state index in [0.29, 0.717) is 6.54 Å². The van der Waals surface area contributed by atoms with Gasteiger partial charge in [-0.3, -0.25) is 0 Å². The fraction of sp³-hybridized carbons (Fsp3) is 0.545. The summed E-state index contributed by atoms with van der Waals surface area (Å²) in [5.41, 5.74) is 5.82. The highest BCUT2D eigenvalue weighted by molar-refractivity contribution is 7.90. The number of nitrogens with zero attached hydrogens (tertiary/aromatic N) is 2. The first-order valence-electron chi connectivity index (χ1n) is 6.04. The Labute approximate surface area is 118 Å². The summed E-state index contributed by atoms with van der Waals surface area (Å²) in [5, 5.41) is -0.150. The van der Waals surface area contributed by atoms with Crippen LogP contribution in [0.4, 0.5) is 0 Å². The van der Waals surface area contributed by atoms with Crippen LogP contribution in [0, 0.1) is 5.92 Å². The van der Waals surface area contributed by atoms with E-state index in [0.717, 1.165) is 12.5 Å². The van der Waals surface area contributed by atoms with Gasteiger partial charge in [0.1, 0.15) is 4.90 Å². The Hall–Kier alpha value is -1.03. The molecule has 1 saturated heterocycles. The first-order valence-corrected chi connectivity index (χ1v) is 9.37. The van der Waals surface area contributed by atoms with E-state index in [9.17, 15) is 16.8 Å². The molecule has 1 aromatic rings. The topological polar surface area (TPSA) is 110 Å². The molecule has 112 valence electrons. The number of hydrogen-bond acceptors (Lipinski definition) is 6. The second kappa shape index (κ2) is 5.06. The van der Waals surface area contributed by atoms with Crippen molar-refractivity contribution in [3.05, 3.63) is 18.3 Å². The number of pyridine rings is 1. The lowest BCUT2D eigenvalue weighted by atomic mass is 10.1. The highest BCUT2D eigenvalue weighted by atomic mass is 32.2. The molecule has 2 unspecified atom stereocenters. The lowest BCUT2D eigenvalue weighted by Crippen LogP contribution is -2.32. The van der Waals surface area contributed by atoms with Gasteiger partial charge in [-0.15, -0.1) is 0 Å². The van der Waals surface area contributed by atoms with E-state index in [2.05, 4.69) is 4.98 Å². The number of hydrogen-bond donors (Lipinski definition) is 1. The summed E-state index contributed by atoms with van der Waals surface area (Å²) in [5.74, 6) is 0.0908. The van der Waals surface area contributed by atoms with Crippen molar-refractivity contribution in [3.8, 4) is 0 Å². The van der Waals surface area contributed by atoms with Crippen molar-refractivity contribution in [2.24, 2.45) is 11.7 Å². The normalized spacial score (nSPS) is 24.9. The van der Waals surface area contributed by atoms with Crippen molar-refractivity contribution >= 4 is 19.9 Å². The molecular weight excluding hydrogens is 302 g/mol. The van der Waals surface area contributed by atoms with Crippen LogP contribution < -0.4 is 5.73 Å². The molecule has 0 radical (unpaired) electrons. The minimum atomic E-state index is -3.67. The van der Waals surface area contributed by atoms with E-state index in [1.54, 1.807) is 0 Å². The Morgan fingerprint density at radius 3 is 2.30 bits per heavy atom. The highest BCUT2D eigenvalue weighted by Crippen LogP contribution is 2.23. The summed E-state index contributed by atoms with van der Waals surface area (Å²) >= 11 is 0. The minimum Gasteiger partial charge on any atom is -0.326 e. The molecule has 0 spiro atoms. The van der Waals surface area contributed by atoms with E-state index < -0.39 is 19.9 Å². The van der Waals surface area contributed by atoms with Crippen molar-refractivity contribution in [1.29, 1.82) is 0 Å². The number of sulfonamides is 1. The molecule has 0 saturated carbocycles. The van der Waals surface area contributed by atoms with Crippen LogP contribution in [0.2, 0.25) is 0 Å². The van der Waals surface area contributed by atoms with Crippen molar-refractivity contribution in [3.63, 3.8) is 0 Å². The number of nitrogens with two attached hydrogens (primary N) is 1. The lowest BCUT2D eigenvalue weighted by Gasteiger charge is -2.15. The number of aromatic nitrogens is 1. The van der Waals surface area contributed by atoms with Crippen molar-refractivity contribution < 1.29 is 16.8 Å². The standard InChI is InChI=1S/C11H17N3O4S2/c1-8-6-14(7-10(8)12)20(17,18)9-3-4-11(13-5-9)19(2,15)16/h3-5,8,10H,6-7,12H2,1-2H3. The summed E-state index contributed by atoms with van der Waals surface area (Å²) in [7, 11) is -7.11. The van der Waals surface area contributed by atoms with Gasteiger partial charge in [0.05, 0.1) is 0 Å². The van der Waals surface area contributed by atoms with Gasteiger partial charge < -0.3 is 5.73 Å². The van der Waals surface area contributed by atoms with Crippen LogP contribution in [0.3, 0.4) is 0 Å². The molecule has 1 fully saturated rings. The van der Waals surface area contributed by atoms with Crippen LogP contribution in [0.25, 0.3) is 0 Å². The quantitative estimate of drug-likeness (QED) is 0.800. The minimum absolute atomic E-state index is 0.0220. The Balaban J connectivity index is 2.32. The van der Waals surface area contributed by atoms with E-state index in [-0.39, 0.29) is 28.4 Å². The van der Waals surface area contributed by atoms with Crippen molar-refractivity contribution in [2.45, 2.75) is 22.9 Å². The third kappa shape index (κ3) is 2.85. The monoisotopic (exact) mass is 319 g/mol. The van der Waals surface area contributed by atoms with Gasteiger partial charge in [0.15, 0.2) is 14.9 Å². The fourth-order valence-electron chi connectivity index (χ4n) is 2.03. The van der Waals surface area contributed by atoms with E-state index in [1.165, 1.54) is 16.4 Å². The molecule has 1 aromatic heterocycles. The smallest absolute Gasteiger partial charge is 0.244 e. The Morgan fingerprint density at radius 1 is 1.25 bits per heavy atom. The van der Waals surface area contributed by atoms with Gasteiger partial charge in [-0.25, -0.2) is 21.8 Å². The maximum absolute atomic E-state index is 12.4. The molecule has 0 aliphatic carbocycles. The Kier molecular flexibility index (Phi) is 3.89. The zero-order valence-electron chi connectivity index (χ0n) is 11.2. The molecule has 7 nitrogen and oxygen atoms in total. The predicted octanol–water partition coefficient (Wildman–Crippen LogP) is -0.547. The maximum atomic E-state index is 12.4. The Morgan fingerprint density at radius 2 is 1.90 bits per heavy atom. The van der Waals surface area contributed by atoms with Crippen molar-refractivity contribution in [2.75, 3.05) is 19.3 Å². The third-order valence-corrected chi connectivity index (χ3v) is 6.18. The third-order valence-electron chi connectivity index (χ3n) is 3.36. The predicted molar refractivity (Wildman–Crippen MR) is 73.2 cm³/mol. The number of sulfone groups is 1. The van der Waals surface area contributed by atoms with E-state index in [1.807, 2.05) is 6.92 Å². The molecule has 20 heavy (non-hydrogen) atoms. The van der Waals surface area contributed by atoms with Gasteiger partial charge in [0.2, 0.25) is 10.0 Å². The summed E-state index contributed by atoms with van der Waals surface area (Å²) in [4.78, 5) is 3.68. The molecule has 0 amide bonds. The lowest BCUT2D eigenvalue weighted by molar-refractivity contribution is 0.464. The summed E-state index contributed by atoms with van der Waals surface area (Å²) < 4.78 is 48.6. The van der Waals surface area contributed by atoms with Crippen LogP contribution in [-0.2, 0) is 19.9 Å². The van der Waals surface area contributed by atoms with Gasteiger partial charge in [-0.2, -0.15) is 4.31 Å². The summed E-state index contributed by atoms with van der Waals surface area (Å²) in [6.45, 7) is 2.51. The van der Waals surface area contributed by atoms with Gasteiger partial charge >= 0.3 is 0 Å². The molecule has 1 aliphatic heterocycles. The molecular formula is C11H17N3O4S2. The van der Waals surface area contributed by atoms with E-state index >= 15 is 0 Å². The Bertz CT molecular complexity index is 688.